The molecule has 34 heavy (non-hydrogen) atoms. The van der Waals surface area contributed by atoms with E-state index in [2.05, 4.69) is 25.7 Å². The van der Waals surface area contributed by atoms with E-state index in [9.17, 15) is 14.4 Å². The normalized spacial score (nSPS) is 21.1. The largest absolute Gasteiger partial charge is 0.490 e. The first-order valence-corrected chi connectivity index (χ1v) is 11.5. The first kappa shape index (κ1) is 25.3. The lowest BCUT2D eigenvalue weighted by Crippen LogP contribution is -2.48. The summed E-state index contributed by atoms with van der Waals surface area (Å²) in [5.74, 6) is -0.450. The van der Waals surface area contributed by atoms with Crippen molar-refractivity contribution in [1.82, 2.24) is 5.32 Å². The maximum absolute atomic E-state index is 13.5. The van der Waals surface area contributed by atoms with Gasteiger partial charge in [-0.25, -0.2) is 4.79 Å². The molecule has 0 saturated heterocycles. The molecule has 2 aliphatic rings. The van der Waals surface area contributed by atoms with E-state index in [4.69, 9.17) is 14.2 Å². The van der Waals surface area contributed by atoms with E-state index in [0.717, 1.165) is 11.4 Å². The fourth-order valence-corrected chi connectivity index (χ4v) is 4.54. The van der Waals surface area contributed by atoms with Gasteiger partial charge in [0, 0.05) is 29.0 Å². The van der Waals surface area contributed by atoms with Crippen LogP contribution in [0.1, 0.15) is 53.0 Å². The lowest BCUT2D eigenvalue weighted by atomic mass is 9.63. The van der Waals surface area contributed by atoms with Crippen LogP contribution in [0.2, 0.25) is 0 Å². The first-order chi connectivity index (χ1) is 16.0. The van der Waals surface area contributed by atoms with Crippen molar-refractivity contribution in [3.63, 3.8) is 0 Å². The molecule has 1 aromatic rings. The predicted molar refractivity (Wildman–Crippen MR) is 128 cm³/mol. The van der Waals surface area contributed by atoms with Crippen LogP contribution in [0.5, 0.6) is 5.75 Å². The minimum absolute atomic E-state index is 0.0600. The van der Waals surface area contributed by atoms with Crippen molar-refractivity contribution in [3.8, 4) is 5.75 Å². The molecule has 0 aromatic heterocycles. The monoisotopic (exact) mass is 467 g/mol. The van der Waals surface area contributed by atoms with Gasteiger partial charge < -0.3 is 19.5 Å². The van der Waals surface area contributed by atoms with Crippen LogP contribution in [-0.2, 0) is 29.3 Å². The summed E-state index contributed by atoms with van der Waals surface area (Å²) < 4.78 is 16.2. The first-order valence-electron chi connectivity index (χ1n) is 11.5. The third-order valence-corrected chi connectivity index (χ3v) is 5.89. The summed E-state index contributed by atoms with van der Waals surface area (Å²) in [6, 6.07) is 7.02. The highest BCUT2D eigenvalue weighted by molar-refractivity contribution is 6.09. The molecule has 7 heteroatoms. The number of esters is 2. The zero-order chi connectivity index (χ0) is 25.1. The highest BCUT2D eigenvalue weighted by Crippen LogP contribution is 2.48. The van der Waals surface area contributed by atoms with Crippen LogP contribution in [-0.4, -0.2) is 37.5 Å². The van der Waals surface area contributed by atoms with Gasteiger partial charge in [0.15, 0.2) is 5.78 Å². The molecule has 0 spiro atoms. The van der Waals surface area contributed by atoms with Crippen LogP contribution in [0.25, 0.3) is 0 Å². The third kappa shape index (κ3) is 5.08. The van der Waals surface area contributed by atoms with Crippen molar-refractivity contribution >= 4 is 17.7 Å². The standard InChI is InChI=1S/C27H33NO6/c1-7-32-25(31)27(14-18(4)28-21-15-26(5,6)16-22(29)23(21)27)19-8-10-20(11-9-19)33-12-13-34-24(30)17(2)3/h8-11,14,28H,2,7,12-13,15-16H2,1,3-6H3. The highest BCUT2D eigenvalue weighted by atomic mass is 16.6. The number of rotatable bonds is 8. The Labute approximate surface area is 200 Å². The zero-order valence-electron chi connectivity index (χ0n) is 20.6. The topological polar surface area (TPSA) is 90.9 Å². The summed E-state index contributed by atoms with van der Waals surface area (Å²) in [6.45, 7) is 13.3. The van der Waals surface area contributed by atoms with Gasteiger partial charge in [-0.05, 0) is 56.4 Å². The smallest absolute Gasteiger partial charge is 0.333 e. The fraction of sp³-hybridized carbons (Fsp3) is 0.444. The number of hydrogen-bond donors (Lipinski definition) is 1. The molecular weight excluding hydrogens is 434 g/mol. The van der Waals surface area contributed by atoms with E-state index in [1.54, 1.807) is 44.2 Å². The van der Waals surface area contributed by atoms with E-state index < -0.39 is 17.4 Å². The Morgan fingerprint density at radius 2 is 1.76 bits per heavy atom. The van der Waals surface area contributed by atoms with E-state index in [1.807, 2.05) is 6.92 Å². The second-order valence-electron chi connectivity index (χ2n) is 9.56. The molecule has 1 atom stereocenters. The quantitative estimate of drug-likeness (QED) is 0.349. The van der Waals surface area contributed by atoms with E-state index in [-0.39, 0.29) is 31.0 Å². The van der Waals surface area contributed by atoms with Crippen LogP contribution in [0.4, 0.5) is 0 Å². The second-order valence-corrected chi connectivity index (χ2v) is 9.56. The number of benzene rings is 1. The zero-order valence-corrected chi connectivity index (χ0v) is 20.6. The molecule has 1 heterocycles. The van der Waals surface area contributed by atoms with Gasteiger partial charge in [-0.15, -0.1) is 0 Å². The minimum atomic E-state index is -1.33. The average Bonchev–Trinajstić information content (AvgIpc) is 2.75. The van der Waals surface area contributed by atoms with Gasteiger partial charge in [0.25, 0.3) is 0 Å². The van der Waals surface area contributed by atoms with Crippen LogP contribution < -0.4 is 10.1 Å². The van der Waals surface area contributed by atoms with Crippen molar-refractivity contribution in [1.29, 1.82) is 0 Å². The number of carbonyl (C=O) groups excluding carboxylic acids is 3. The minimum Gasteiger partial charge on any atom is -0.490 e. The van der Waals surface area contributed by atoms with Gasteiger partial charge in [-0.2, -0.15) is 0 Å². The maximum Gasteiger partial charge on any atom is 0.333 e. The number of carbonyl (C=O) groups is 3. The van der Waals surface area contributed by atoms with E-state index in [0.29, 0.717) is 35.3 Å². The molecule has 1 aliphatic heterocycles. The number of ether oxygens (including phenoxy) is 3. The predicted octanol–water partition coefficient (Wildman–Crippen LogP) is 4.14. The average molecular weight is 468 g/mol. The third-order valence-electron chi connectivity index (χ3n) is 5.89. The lowest BCUT2D eigenvalue weighted by molar-refractivity contribution is -0.148. The SMILES string of the molecule is C=C(C)C(=O)OCCOc1ccc(C2(C(=O)OCC)C=C(C)NC3=C2C(=O)CC(C)(C)C3)cc1. The summed E-state index contributed by atoms with van der Waals surface area (Å²) in [5.41, 5.74) is 1.44. The van der Waals surface area contributed by atoms with Gasteiger partial charge in [-0.3, -0.25) is 9.59 Å². The molecule has 0 radical (unpaired) electrons. The van der Waals surface area contributed by atoms with Gasteiger partial charge >= 0.3 is 11.9 Å². The number of dihydropyridines is 1. The van der Waals surface area contributed by atoms with Gasteiger partial charge in [-0.1, -0.05) is 32.6 Å². The van der Waals surface area contributed by atoms with Gasteiger partial charge in [0.1, 0.15) is 24.4 Å². The Hall–Kier alpha value is -3.35. The molecule has 182 valence electrons. The molecule has 1 unspecified atom stereocenters. The van der Waals surface area contributed by atoms with Gasteiger partial charge in [0.2, 0.25) is 0 Å². The second kappa shape index (κ2) is 9.87. The Balaban J connectivity index is 1.94. The molecule has 1 N–H and O–H groups in total. The molecule has 0 bridgehead atoms. The molecule has 3 rings (SSSR count). The van der Waals surface area contributed by atoms with Crippen molar-refractivity contribution in [2.24, 2.45) is 5.41 Å². The van der Waals surface area contributed by atoms with Crippen LogP contribution >= 0.6 is 0 Å². The molecule has 1 aliphatic carbocycles. The van der Waals surface area contributed by atoms with Crippen LogP contribution in [0.15, 0.2) is 59.5 Å². The number of allylic oxidation sites excluding steroid dienone is 2. The van der Waals surface area contributed by atoms with Gasteiger partial charge in [0.05, 0.1) is 6.61 Å². The van der Waals surface area contributed by atoms with Crippen LogP contribution in [0, 0.1) is 5.41 Å². The molecule has 7 nitrogen and oxygen atoms in total. The number of nitrogens with one attached hydrogen (secondary N) is 1. The Bertz CT molecular complexity index is 1060. The summed E-state index contributed by atoms with van der Waals surface area (Å²) >= 11 is 0. The molecule has 0 amide bonds. The number of hydrogen-bond acceptors (Lipinski definition) is 7. The molecule has 1 aromatic carbocycles. The molecule has 0 saturated carbocycles. The van der Waals surface area contributed by atoms with E-state index >= 15 is 0 Å². The fourth-order valence-electron chi connectivity index (χ4n) is 4.54. The Kier molecular flexibility index (Phi) is 7.34. The van der Waals surface area contributed by atoms with Crippen molar-refractivity contribution in [3.05, 3.63) is 65.0 Å². The number of Topliss-reactive ketones (excluding diaryl/α,β-unsaturated/α-hetero) is 1. The summed E-state index contributed by atoms with van der Waals surface area (Å²) in [5, 5.41) is 3.33. The van der Waals surface area contributed by atoms with Crippen molar-refractivity contribution < 1.29 is 28.6 Å². The molecular formula is C27H33NO6. The maximum atomic E-state index is 13.5. The molecule has 0 fully saturated rings. The van der Waals surface area contributed by atoms with Crippen LogP contribution in [0.3, 0.4) is 0 Å². The Morgan fingerprint density at radius 1 is 1.09 bits per heavy atom. The summed E-state index contributed by atoms with van der Waals surface area (Å²) in [7, 11) is 0. The van der Waals surface area contributed by atoms with Crippen molar-refractivity contribution in [2.75, 3.05) is 19.8 Å². The Morgan fingerprint density at radius 3 is 2.38 bits per heavy atom. The highest BCUT2D eigenvalue weighted by Gasteiger charge is 2.52. The number of ketones is 1. The summed E-state index contributed by atoms with van der Waals surface area (Å²) in [6.07, 6.45) is 2.79. The van der Waals surface area contributed by atoms with Crippen molar-refractivity contribution in [2.45, 2.75) is 52.9 Å². The summed E-state index contributed by atoms with van der Waals surface area (Å²) in [4.78, 5) is 38.3. The van der Waals surface area contributed by atoms with E-state index in [1.165, 1.54) is 0 Å². The lowest BCUT2D eigenvalue weighted by Gasteiger charge is -2.42.